The minimum atomic E-state index is -0.399. The van der Waals surface area contributed by atoms with Gasteiger partial charge in [0.15, 0.2) is 0 Å². The summed E-state index contributed by atoms with van der Waals surface area (Å²) in [4.78, 5) is 22.5. The summed E-state index contributed by atoms with van der Waals surface area (Å²) < 4.78 is 4.66. The largest absolute Gasteiger partial charge is 0.465 e. The fourth-order valence-corrected chi connectivity index (χ4v) is 2.80. The summed E-state index contributed by atoms with van der Waals surface area (Å²) in [5.41, 5.74) is 1.72. The van der Waals surface area contributed by atoms with Crippen LogP contribution in [0.4, 0.5) is 0 Å². The first-order valence-corrected chi connectivity index (χ1v) is 7.43. The number of benzene rings is 1. The molecule has 1 unspecified atom stereocenters. The number of rotatable bonds is 4. The molecule has 5 heteroatoms. The van der Waals surface area contributed by atoms with E-state index in [4.69, 9.17) is 0 Å². The third kappa shape index (κ3) is 3.31. The zero-order chi connectivity index (χ0) is 15.4. The number of nitrogens with zero attached hydrogens (tertiary/aromatic N) is 3. The first-order chi connectivity index (χ1) is 10.8. The predicted octanol–water partition coefficient (Wildman–Crippen LogP) is 2.25. The third-order valence-corrected chi connectivity index (χ3v) is 3.98. The molecule has 2 aromatic rings. The van der Waals surface area contributed by atoms with E-state index in [0.29, 0.717) is 11.5 Å². The number of ether oxygens (including phenoxy) is 1. The van der Waals surface area contributed by atoms with Gasteiger partial charge in [-0.2, -0.15) is 0 Å². The van der Waals surface area contributed by atoms with Gasteiger partial charge in [-0.15, -0.1) is 0 Å². The van der Waals surface area contributed by atoms with Gasteiger partial charge < -0.3 is 4.74 Å². The molecule has 0 spiro atoms. The van der Waals surface area contributed by atoms with Crippen LogP contribution in [-0.4, -0.2) is 41.0 Å². The minimum absolute atomic E-state index is 0.329. The van der Waals surface area contributed by atoms with Crippen molar-refractivity contribution in [3.63, 3.8) is 0 Å². The molecular weight excluding hydrogens is 278 g/mol. The number of aromatic nitrogens is 2. The van der Waals surface area contributed by atoms with Crippen LogP contribution in [0.1, 0.15) is 34.1 Å². The van der Waals surface area contributed by atoms with Crippen molar-refractivity contribution in [2.75, 3.05) is 20.2 Å². The lowest BCUT2D eigenvalue weighted by Crippen LogP contribution is -2.20. The number of hydrogen-bond acceptors (Lipinski definition) is 5. The van der Waals surface area contributed by atoms with Gasteiger partial charge in [0, 0.05) is 31.4 Å². The Kier molecular flexibility index (Phi) is 4.44. The lowest BCUT2D eigenvalue weighted by molar-refractivity contribution is 0.0599. The Bertz CT molecular complexity index is 628. The maximum absolute atomic E-state index is 11.4. The van der Waals surface area contributed by atoms with E-state index in [1.54, 1.807) is 12.4 Å². The first kappa shape index (κ1) is 14.7. The van der Waals surface area contributed by atoms with E-state index < -0.39 is 5.97 Å². The molecule has 0 N–H and O–H groups in total. The van der Waals surface area contributed by atoms with Crippen LogP contribution in [0, 0.1) is 0 Å². The van der Waals surface area contributed by atoms with E-state index in [-0.39, 0.29) is 0 Å². The van der Waals surface area contributed by atoms with Crippen molar-refractivity contribution in [2.45, 2.75) is 18.9 Å². The summed E-state index contributed by atoms with van der Waals surface area (Å²) in [5, 5.41) is 0. The lowest BCUT2D eigenvalue weighted by atomic mass is 10.1. The zero-order valence-corrected chi connectivity index (χ0v) is 12.6. The van der Waals surface area contributed by atoms with Crippen molar-refractivity contribution in [2.24, 2.45) is 0 Å². The van der Waals surface area contributed by atoms with E-state index >= 15 is 0 Å². The molecule has 1 fully saturated rings. The van der Waals surface area contributed by atoms with E-state index in [1.807, 2.05) is 6.07 Å². The van der Waals surface area contributed by atoms with Crippen LogP contribution in [0.5, 0.6) is 0 Å². The Hall–Kier alpha value is -2.27. The molecule has 1 atom stereocenters. The van der Waals surface area contributed by atoms with Crippen LogP contribution in [0.2, 0.25) is 0 Å². The van der Waals surface area contributed by atoms with E-state index in [1.165, 1.54) is 12.7 Å². The molecule has 2 heterocycles. The van der Waals surface area contributed by atoms with Gasteiger partial charge in [0.2, 0.25) is 0 Å². The fourth-order valence-electron chi connectivity index (χ4n) is 2.80. The van der Waals surface area contributed by atoms with Gasteiger partial charge in [-0.25, -0.2) is 14.8 Å². The molecule has 0 saturated carbocycles. The molecule has 22 heavy (non-hydrogen) atoms. The average molecular weight is 297 g/mol. The Morgan fingerprint density at radius 3 is 2.68 bits per heavy atom. The van der Waals surface area contributed by atoms with Crippen molar-refractivity contribution in [1.82, 2.24) is 14.9 Å². The quantitative estimate of drug-likeness (QED) is 0.810. The van der Waals surface area contributed by atoms with Crippen LogP contribution in [0.15, 0.2) is 42.7 Å². The summed E-state index contributed by atoms with van der Waals surface area (Å²) in [6, 6.07) is 10.5. The Morgan fingerprint density at radius 2 is 2.00 bits per heavy atom. The molecule has 5 nitrogen and oxygen atoms in total. The highest BCUT2D eigenvalue weighted by atomic mass is 16.5. The highest BCUT2D eigenvalue weighted by molar-refractivity contribution is 5.88. The molecule has 1 aliphatic heterocycles. The van der Waals surface area contributed by atoms with Crippen LogP contribution < -0.4 is 0 Å². The molecule has 1 saturated heterocycles. The van der Waals surface area contributed by atoms with Crippen LogP contribution in [0.25, 0.3) is 0 Å². The van der Waals surface area contributed by atoms with Crippen molar-refractivity contribution < 1.29 is 9.53 Å². The van der Waals surface area contributed by atoms with Gasteiger partial charge in [0.25, 0.3) is 0 Å². The number of carbonyl (C=O) groups excluding carboxylic acids is 1. The summed E-state index contributed by atoms with van der Waals surface area (Å²) in [7, 11) is 1.36. The van der Waals surface area contributed by atoms with Gasteiger partial charge in [0.1, 0.15) is 5.82 Å². The lowest BCUT2D eigenvalue weighted by Gasteiger charge is -2.15. The predicted molar refractivity (Wildman–Crippen MR) is 82.4 cm³/mol. The van der Waals surface area contributed by atoms with Gasteiger partial charge in [-0.1, -0.05) is 30.3 Å². The van der Waals surface area contributed by atoms with Gasteiger partial charge in [-0.3, -0.25) is 4.90 Å². The highest BCUT2D eigenvalue weighted by Gasteiger charge is 2.26. The Morgan fingerprint density at radius 1 is 1.27 bits per heavy atom. The van der Waals surface area contributed by atoms with Crippen molar-refractivity contribution in [3.05, 3.63) is 59.7 Å². The average Bonchev–Trinajstić information content (AvgIpc) is 3.04. The summed E-state index contributed by atoms with van der Waals surface area (Å²) in [6.07, 6.45) is 4.15. The van der Waals surface area contributed by atoms with Gasteiger partial charge >= 0.3 is 5.97 Å². The van der Waals surface area contributed by atoms with Crippen LogP contribution in [0.3, 0.4) is 0 Å². The van der Waals surface area contributed by atoms with Crippen molar-refractivity contribution >= 4 is 5.97 Å². The molecule has 1 aromatic carbocycles. The van der Waals surface area contributed by atoms with E-state index in [9.17, 15) is 4.79 Å². The Balaban J connectivity index is 1.61. The molecule has 1 aliphatic rings. The molecular formula is C17H19N3O2. The smallest absolute Gasteiger partial charge is 0.341 e. The topological polar surface area (TPSA) is 55.3 Å². The normalized spacial score (nSPS) is 18.3. The molecule has 0 bridgehead atoms. The maximum Gasteiger partial charge on any atom is 0.341 e. The number of likely N-dealkylation sites (tertiary alicyclic amines) is 1. The van der Waals surface area contributed by atoms with E-state index in [0.717, 1.165) is 31.9 Å². The highest BCUT2D eigenvalue weighted by Crippen LogP contribution is 2.25. The molecule has 3 rings (SSSR count). The monoisotopic (exact) mass is 297 g/mol. The molecule has 0 radical (unpaired) electrons. The van der Waals surface area contributed by atoms with Crippen LogP contribution in [-0.2, 0) is 11.3 Å². The minimum Gasteiger partial charge on any atom is -0.465 e. The second-order valence-corrected chi connectivity index (χ2v) is 5.53. The third-order valence-electron chi connectivity index (χ3n) is 3.98. The van der Waals surface area contributed by atoms with Gasteiger partial charge in [-0.05, 0) is 18.5 Å². The standard InChI is InChI=1S/C17H19N3O2/c1-22-17(21)15-9-18-16(19-10-15)14-7-8-20(12-14)11-13-5-3-2-4-6-13/h2-6,9-10,14H,7-8,11-12H2,1H3. The Labute approximate surface area is 130 Å². The van der Waals surface area contributed by atoms with Crippen LogP contribution >= 0.6 is 0 Å². The zero-order valence-electron chi connectivity index (χ0n) is 12.6. The fraction of sp³-hybridized carbons (Fsp3) is 0.353. The number of carbonyl (C=O) groups is 1. The number of hydrogen-bond donors (Lipinski definition) is 0. The molecule has 1 aromatic heterocycles. The maximum atomic E-state index is 11.4. The SMILES string of the molecule is COC(=O)c1cnc(C2CCN(Cc3ccccc3)C2)nc1. The van der Waals surface area contributed by atoms with E-state index in [2.05, 4.69) is 43.9 Å². The van der Waals surface area contributed by atoms with Crippen molar-refractivity contribution in [3.8, 4) is 0 Å². The second kappa shape index (κ2) is 6.66. The summed E-state index contributed by atoms with van der Waals surface area (Å²) >= 11 is 0. The summed E-state index contributed by atoms with van der Waals surface area (Å²) in [5.74, 6) is 0.738. The number of methoxy groups -OCH3 is 1. The van der Waals surface area contributed by atoms with Crippen molar-refractivity contribution in [1.29, 1.82) is 0 Å². The second-order valence-electron chi connectivity index (χ2n) is 5.53. The summed E-state index contributed by atoms with van der Waals surface area (Å²) in [6.45, 7) is 2.95. The number of esters is 1. The first-order valence-electron chi connectivity index (χ1n) is 7.43. The van der Waals surface area contributed by atoms with Gasteiger partial charge in [0.05, 0.1) is 12.7 Å². The molecule has 0 aliphatic carbocycles. The molecule has 114 valence electrons. The molecule has 0 amide bonds.